The van der Waals surface area contributed by atoms with Crippen molar-refractivity contribution in [3.8, 4) is 0 Å². The van der Waals surface area contributed by atoms with Crippen molar-refractivity contribution >= 4 is 0 Å². The van der Waals surface area contributed by atoms with Crippen LogP contribution in [0.5, 0.6) is 0 Å². The molecule has 1 aliphatic rings. The molecule has 1 rings (SSSR count). The first-order valence-corrected chi connectivity index (χ1v) is 3.84. The number of allylic oxidation sites excluding steroid dienone is 4. The van der Waals surface area contributed by atoms with Crippen molar-refractivity contribution in [2.24, 2.45) is 0 Å². The van der Waals surface area contributed by atoms with Gasteiger partial charge in [-0.05, 0) is 21.1 Å². The van der Waals surface area contributed by atoms with E-state index in [2.05, 4.69) is 28.2 Å². The number of hydrogen-bond acceptors (Lipinski definition) is 1. The molecule has 0 N–H and O–H groups in total. The van der Waals surface area contributed by atoms with Gasteiger partial charge in [0.25, 0.3) is 0 Å². The Morgan fingerprint density at radius 2 is 1.90 bits per heavy atom. The molecule has 0 saturated carbocycles. The molecule has 0 heterocycles. The van der Waals surface area contributed by atoms with Crippen LogP contribution in [0.3, 0.4) is 0 Å². The molecule has 1 aliphatic carbocycles. The Balaban J connectivity index is 0.000000180. The van der Waals surface area contributed by atoms with Crippen LogP contribution in [0.15, 0.2) is 22.7 Å². The van der Waals surface area contributed by atoms with Crippen LogP contribution in [0.1, 0.15) is 6.42 Å². The van der Waals surface area contributed by atoms with E-state index in [-0.39, 0.29) is 0 Å². The zero-order chi connectivity index (χ0) is 7.98. The third kappa shape index (κ3) is 7.96. The zero-order valence-corrected chi connectivity index (χ0v) is 7.94. The van der Waals surface area contributed by atoms with Gasteiger partial charge in [-0.1, -0.05) is 0 Å². The molecular weight excluding hydrogens is 165 g/mol. The number of nitrogens with zero attached hydrogens (tertiary/aromatic N) is 1. The summed E-state index contributed by atoms with van der Waals surface area (Å²) in [6.45, 7) is 0. The second-order valence-corrected chi connectivity index (χ2v) is 3.35. The molecule has 0 aromatic carbocycles. The SMILES string of the molecule is CN(C)C.[Mn][C]1=CC=CC1. The minimum atomic E-state index is 1.08. The van der Waals surface area contributed by atoms with Crippen LogP contribution in [0.25, 0.3) is 0 Å². The van der Waals surface area contributed by atoms with Gasteiger partial charge in [0.1, 0.15) is 0 Å². The van der Waals surface area contributed by atoms with Gasteiger partial charge in [-0.15, -0.1) is 0 Å². The van der Waals surface area contributed by atoms with E-state index in [0.717, 1.165) is 6.42 Å². The van der Waals surface area contributed by atoms with Gasteiger partial charge >= 0.3 is 45.1 Å². The van der Waals surface area contributed by atoms with Crippen molar-refractivity contribution in [1.82, 2.24) is 4.90 Å². The standard InChI is InChI=1S/C5H5.C3H9N.Mn/c1-2-4-5-3-1;1-4(2)3;/h1-3H,4H2;1-3H3;. The molecule has 0 amide bonds. The van der Waals surface area contributed by atoms with Gasteiger partial charge in [0.15, 0.2) is 0 Å². The summed E-state index contributed by atoms with van der Waals surface area (Å²) in [4.78, 5) is 2.00. The summed E-state index contributed by atoms with van der Waals surface area (Å²) in [5, 5.41) is 0. The fourth-order valence-corrected chi connectivity index (χ4v) is 0.674. The molecule has 0 aromatic rings. The van der Waals surface area contributed by atoms with Crippen molar-refractivity contribution in [2.45, 2.75) is 6.42 Å². The summed E-state index contributed by atoms with van der Waals surface area (Å²) in [5.74, 6) is 0. The minimum absolute atomic E-state index is 1.08. The maximum absolute atomic E-state index is 3.34. The Morgan fingerprint density at radius 3 is 2.00 bits per heavy atom. The molecule has 58 valence electrons. The number of hydrogen-bond donors (Lipinski definition) is 0. The van der Waals surface area contributed by atoms with Gasteiger partial charge in [0.05, 0.1) is 0 Å². The molecule has 0 aromatic heterocycles. The monoisotopic (exact) mass is 179 g/mol. The Morgan fingerprint density at radius 1 is 1.40 bits per heavy atom. The zero-order valence-electron chi connectivity index (χ0n) is 6.76. The van der Waals surface area contributed by atoms with Gasteiger partial charge in [-0.2, -0.15) is 0 Å². The first kappa shape index (κ1) is 9.96. The quantitative estimate of drug-likeness (QED) is 0.510. The van der Waals surface area contributed by atoms with Crippen molar-refractivity contribution in [2.75, 3.05) is 21.1 Å². The van der Waals surface area contributed by atoms with Crippen LogP contribution in [-0.2, 0) is 16.0 Å². The second-order valence-electron chi connectivity index (χ2n) is 2.59. The van der Waals surface area contributed by atoms with Gasteiger partial charge in [0.2, 0.25) is 0 Å². The first-order chi connectivity index (χ1) is 4.63. The Labute approximate surface area is 71.6 Å². The summed E-state index contributed by atoms with van der Waals surface area (Å²) < 4.78 is 1.28. The summed E-state index contributed by atoms with van der Waals surface area (Å²) in [5.41, 5.74) is 0. The molecule has 0 radical (unpaired) electrons. The summed E-state index contributed by atoms with van der Waals surface area (Å²) >= 11 is 3.34. The van der Waals surface area contributed by atoms with E-state index in [0.29, 0.717) is 0 Å². The average Bonchev–Trinajstić information content (AvgIpc) is 2.15. The molecule has 2 heteroatoms. The van der Waals surface area contributed by atoms with Crippen LogP contribution in [0, 0.1) is 0 Å². The van der Waals surface area contributed by atoms with E-state index in [4.69, 9.17) is 0 Å². The topological polar surface area (TPSA) is 3.24 Å². The Hall–Kier alpha value is -0.0405. The number of rotatable bonds is 0. The molecule has 10 heavy (non-hydrogen) atoms. The van der Waals surface area contributed by atoms with Crippen molar-refractivity contribution in [3.05, 3.63) is 22.7 Å². The molecule has 0 saturated heterocycles. The Bertz CT molecular complexity index is 133. The normalized spacial score (nSPS) is 14.7. The maximum atomic E-state index is 3.34. The van der Waals surface area contributed by atoms with E-state index < -0.39 is 0 Å². The Kier molecular flexibility index (Phi) is 5.70. The van der Waals surface area contributed by atoms with E-state index in [1.165, 1.54) is 4.47 Å². The van der Waals surface area contributed by atoms with E-state index in [1.807, 2.05) is 32.1 Å². The predicted molar refractivity (Wildman–Crippen MR) is 41.5 cm³/mol. The van der Waals surface area contributed by atoms with Crippen LogP contribution < -0.4 is 0 Å². The van der Waals surface area contributed by atoms with Crippen LogP contribution in [0.2, 0.25) is 0 Å². The van der Waals surface area contributed by atoms with Crippen molar-refractivity contribution in [3.63, 3.8) is 0 Å². The fraction of sp³-hybridized carbons (Fsp3) is 0.500. The molecule has 0 atom stereocenters. The van der Waals surface area contributed by atoms with Crippen molar-refractivity contribution in [1.29, 1.82) is 0 Å². The fourth-order valence-electron chi connectivity index (χ4n) is 0.421. The summed E-state index contributed by atoms with van der Waals surface area (Å²) in [6, 6.07) is 0. The molecule has 0 fully saturated rings. The molecule has 0 unspecified atom stereocenters. The van der Waals surface area contributed by atoms with Crippen LogP contribution in [-0.4, -0.2) is 26.0 Å². The third-order valence-electron chi connectivity index (χ3n) is 0.726. The first-order valence-electron chi connectivity index (χ1n) is 3.25. The molecule has 0 spiro atoms. The van der Waals surface area contributed by atoms with Crippen LogP contribution >= 0.6 is 0 Å². The molecular formula is C8H14MnN. The van der Waals surface area contributed by atoms with Crippen LogP contribution in [0.4, 0.5) is 0 Å². The van der Waals surface area contributed by atoms with E-state index in [9.17, 15) is 0 Å². The summed E-state index contributed by atoms with van der Waals surface area (Å²) in [6.07, 6.45) is 7.30. The molecule has 1 nitrogen and oxygen atoms in total. The molecule has 0 aliphatic heterocycles. The second kappa shape index (κ2) is 5.72. The van der Waals surface area contributed by atoms with E-state index >= 15 is 0 Å². The average molecular weight is 179 g/mol. The predicted octanol–water partition coefficient (Wildman–Crippen LogP) is 1.55. The van der Waals surface area contributed by atoms with Gasteiger partial charge in [-0.25, -0.2) is 0 Å². The van der Waals surface area contributed by atoms with Gasteiger partial charge in [0, 0.05) is 0 Å². The van der Waals surface area contributed by atoms with Crippen molar-refractivity contribution < 1.29 is 16.0 Å². The van der Waals surface area contributed by atoms with Gasteiger partial charge in [-0.3, -0.25) is 0 Å². The summed E-state index contributed by atoms with van der Waals surface area (Å²) in [7, 11) is 6.00. The van der Waals surface area contributed by atoms with E-state index in [1.54, 1.807) is 0 Å². The molecule has 0 bridgehead atoms. The van der Waals surface area contributed by atoms with Gasteiger partial charge < -0.3 is 4.90 Å². The third-order valence-corrected chi connectivity index (χ3v) is 1.16.